The van der Waals surface area contributed by atoms with E-state index in [9.17, 15) is 0 Å². The Labute approximate surface area is 110 Å². The average Bonchev–Trinajstić information content (AvgIpc) is 2.48. The van der Waals surface area contributed by atoms with E-state index in [1.165, 1.54) is 11.1 Å². The fraction of sp³-hybridized carbons (Fsp3) is 0.294. The molecule has 0 N–H and O–H groups in total. The fourth-order valence-corrected chi connectivity index (χ4v) is 1.72. The van der Waals surface area contributed by atoms with Crippen molar-refractivity contribution >= 4 is 0 Å². The lowest BCUT2D eigenvalue weighted by Gasteiger charge is -2.09. The van der Waals surface area contributed by atoms with Gasteiger partial charge in [0.1, 0.15) is 12.4 Å². The third-order valence-corrected chi connectivity index (χ3v) is 2.64. The van der Waals surface area contributed by atoms with Crippen LogP contribution in [0, 0.1) is 0 Å². The van der Waals surface area contributed by atoms with Crippen molar-refractivity contribution in [3.05, 3.63) is 65.7 Å². The number of hydrogen-bond donors (Lipinski definition) is 0. The first-order chi connectivity index (χ1) is 8.90. The van der Waals surface area contributed by atoms with Gasteiger partial charge in [0.15, 0.2) is 0 Å². The van der Waals surface area contributed by atoms with Gasteiger partial charge in [0, 0.05) is 0 Å². The first-order valence-electron chi connectivity index (χ1n) is 6.65. The molecule has 2 rings (SSSR count). The summed E-state index contributed by atoms with van der Waals surface area (Å²) < 4.78 is 5.73. The quantitative estimate of drug-likeness (QED) is 0.744. The van der Waals surface area contributed by atoms with Crippen molar-refractivity contribution in [3.63, 3.8) is 0 Å². The van der Waals surface area contributed by atoms with Crippen LogP contribution in [0.1, 0.15) is 31.9 Å². The van der Waals surface area contributed by atoms with E-state index < -0.39 is 0 Å². The Morgan fingerprint density at radius 2 is 1.33 bits per heavy atom. The molecule has 1 nitrogen and oxygen atoms in total. The highest BCUT2D eigenvalue weighted by Gasteiger charge is 2.00. The first-order valence-corrected chi connectivity index (χ1v) is 6.65. The standard InChI is InChI=1S/C15H16O.C2H6/c1-2-13-8-6-7-9-14(13)12-16-15-10-4-3-5-11-15;1-2/h3-11H,2,12H2,1H3;1-2H3. The van der Waals surface area contributed by atoms with Crippen LogP contribution < -0.4 is 4.74 Å². The molecule has 0 aliphatic carbocycles. The Kier molecular flexibility index (Phi) is 6.63. The van der Waals surface area contributed by atoms with E-state index in [1.807, 2.05) is 44.2 Å². The molecule has 0 heterocycles. The molecule has 96 valence electrons. The van der Waals surface area contributed by atoms with Crippen LogP contribution in [0.4, 0.5) is 0 Å². The summed E-state index contributed by atoms with van der Waals surface area (Å²) in [7, 11) is 0. The Balaban J connectivity index is 0.000000771. The van der Waals surface area contributed by atoms with E-state index in [0.717, 1.165) is 12.2 Å². The van der Waals surface area contributed by atoms with Crippen LogP contribution >= 0.6 is 0 Å². The van der Waals surface area contributed by atoms with Gasteiger partial charge in [0.05, 0.1) is 0 Å². The van der Waals surface area contributed by atoms with E-state index in [1.54, 1.807) is 0 Å². The highest BCUT2D eigenvalue weighted by molar-refractivity contribution is 5.28. The molecule has 0 unspecified atom stereocenters. The number of ether oxygens (including phenoxy) is 1. The van der Waals surface area contributed by atoms with E-state index in [0.29, 0.717) is 6.61 Å². The second-order valence-corrected chi connectivity index (χ2v) is 3.72. The van der Waals surface area contributed by atoms with Gasteiger partial charge in [-0.25, -0.2) is 0 Å². The molecule has 0 saturated carbocycles. The van der Waals surface area contributed by atoms with Crippen molar-refractivity contribution in [2.24, 2.45) is 0 Å². The van der Waals surface area contributed by atoms with Gasteiger partial charge in [0.2, 0.25) is 0 Å². The Morgan fingerprint density at radius 3 is 1.94 bits per heavy atom. The molecule has 0 spiro atoms. The Morgan fingerprint density at radius 1 is 0.778 bits per heavy atom. The molecule has 0 amide bonds. The molecule has 18 heavy (non-hydrogen) atoms. The van der Waals surface area contributed by atoms with Gasteiger partial charge in [-0.3, -0.25) is 0 Å². The van der Waals surface area contributed by atoms with E-state index in [-0.39, 0.29) is 0 Å². The zero-order chi connectivity index (χ0) is 13.2. The molecule has 0 aliphatic heterocycles. The first kappa shape index (κ1) is 14.3. The fourth-order valence-electron chi connectivity index (χ4n) is 1.72. The molecule has 2 aromatic rings. The number of hydrogen-bond acceptors (Lipinski definition) is 1. The summed E-state index contributed by atoms with van der Waals surface area (Å²) in [6.45, 7) is 6.81. The van der Waals surface area contributed by atoms with Crippen LogP contribution in [0.2, 0.25) is 0 Å². The van der Waals surface area contributed by atoms with E-state index >= 15 is 0 Å². The summed E-state index contributed by atoms with van der Waals surface area (Å²) in [5.41, 5.74) is 2.63. The predicted molar refractivity (Wildman–Crippen MR) is 77.9 cm³/mol. The molecule has 2 aromatic carbocycles. The third kappa shape index (κ3) is 4.25. The summed E-state index contributed by atoms with van der Waals surface area (Å²) in [5.74, 6) is 0.924. The molecule has 0 atom stereocenters. The summed E-state index contributed by atoms with van der Waals surface area (Å²) >= 11 is 0. The van der Waals surface area contributed by atoms with Crippen LogP contribution in [-0.2, 0) is 13.0 Å². The van der Waals surface area contributed by atoms with Crippen LogP contribution in [0.25, 0.3) is 0 Å². The van der Waals surface area contributed by atoms with Gasteiger partial charge in [0.25, 0.3) is 0 Å². The second-order valence-electron chi connectivity index (χ2n) is 3.72. The summed E-state index contributed by atoms with van der Waals surface area (Å²) in [5, 5.41) is 0. The maximum atomic E-state index is 5.73. The minimum absolute atomic E-state index is 0.647. The maximum Gasteiger partial charge on any atom is 0.119 e. The van der Waals surface area contributed by atoms with Crippen LogP contribution in [0.5, 0.6) is 5.75 Å². The SMILES string of the molecule is CC.CCc1ccccc1COc1ccccc1. The zero-order valence-corrected chi connectivity index (χ0v) is 11.5. The number of aryl methyl sites for hydroxylation is 1. The Hall–Kier alpha value is -1.76. The van der Waals surface area contributed by atoms with Crippen molar-refractivity contribution in [1.82, 2.24) is 0 Å². The second kappa shape index (κ2) is 8.35. The molecule has 0 aromatic heterocycles. The molecular formula is C17H22O. The van der Waals surface area contributed by atoms with Gasteiger partial charge in [-0.1, -0.05) is 63.2 Å². The molecule has 0 aliphatic rings. The van der Waals surface area contributed by atoms with Crippen molar-refractivity contribution in [2.75, 3.05) is 0 Å². The van der Waals surface area contributed by atoms with Gasteiger partial charge in [-0.05, 0) is 29.7 Å². The normalized spacial score (nSPS) is 9.28. The van der Waals surface area contributed by atoms with Gasteiger partial charge in [-0.2, -0.15) is 0 Å². The minimum atomic E-state index is 0.647. The lowest BCUT2D eigenvalue weighted by molar-refractivity contribution is 0.305. The Bertz CT molecular complexity index is 434. The molecule has 0 radical (unpaired) electrons. The highest BCUT2D eigenvalue weighted by Crippen LogP contribution is 2.14. The van der Waals surface area contributed by atoms with Crippen LogP contribution in [0.3, 0.4) is 0 Å². The largest absolute Gasteiger partial charge is 0.489 e. The maximum absolute atomic E-state index is 5.73. The smallest absolute Gasteiger partial charge is 0.119 e. The molecule has 0 saturated heterocycles. The van der Waals surface area contributed by atoms with Crippen LogP contribution in [-0.4, -0.2) is 0 Å². The van der Waals surface area contributed by atoms with Crippen molar-refractivity contribution in [1.29, 1.82) is 0 Å². The van der Waals surface area contributed by atoms with Gasteiger partial charge >= 0.3 is 0 Å². The minimum Gasteiger partial charge on any atom is -0.489 e. The van der Waals surface area contributed by atoms with Gasteiger partial charge < -0.3 is 4.74 Å². The lowest BCUT2D eigenvalue weighted by atomic mass is 10.1. The average molecular weight is 242 g/mol. The number of benzene rings is 2. The molecule has 0 bridgehead atoms. The van der Waals surface area contributed by atoms with E-state index in [4.69, 9.17) is 4.74 Å². The monoisotopic (exact) mass is 242 g/mol. The molecular weight excluding hydrogens is 220 g/mol. The third-order valence-electron chi connectivity index (χ3n) is 2.64. The van der Waals surface area contributed by atoms with Crippen LogP contribution in [0.15, 0.2) is 54.6 Å². The number of rotatable bonds is 4. The van der Waals surface area contributed by atoms with Crippen molar-refractivity contribution in [3.8, 4) is 5.75 Å². The number of para-hydroxylation sites is 1. The van der Waals surface area contributed by atoms with Gasteiger partial charge in [-0.15, -0.1) is 0 Å². The lowest BCUT2D eigenvalue weighted by Crippen LogP contribution is -1.99. The molecule has 0 fully saturated rings. The summed E-state index contributed by atoms with van der Waals surface area (Å²) in [6, 6.07) is 18.3. The zero-order valence-electron chi connectivity index (χ0n) is 11.5. The van der Waals surface area contributed by atoms with Crippen molar-refractivity contribution in [2.45, 2.75) is 33.8 Å². The van der Waals surface area contributed by atoms with E-state index in [2.05, 4.69) is 31.2 Å². The highest BCUT2D eigenvalue weighted by atomic mass is 16.5. The predicted octanol–water partition coefficient (Wildman–Crippen LogP) is 4.85. The van der Waals surface area contributed by atoms with Crippen molar-refractivity contribution < 1.29 is 4.74 Å². The molecule has 1 heteroatoms. The summed E-state index contributed by atoms with van der Waals surface area (Å²) in [4.78, 5) is 0. The summed E-state index contributed by atoms with van der Waals surface area (Å²) in [6.07, 6.45) is 1.05. The topological polar surface area (TPSA) is 9.23 Å².